The van der Waals surface area contributed by atoms with Gasteiger partial charge >= 0.3 is 0 Å². The summed E-state index contributed by atoms with van der Waals surface area (Å²) in [5, 5.41) is 17.2. The van der Waals surface area contributed by atoms with Crippen molar-refractivity contribution in [2.75, 3.05) is 0 Å². The molecule has 4 aromatic rings. The van der Waals surface area contributed by atoms with Crippen LogP contribution >= 0.6 is 0 Å². The molecule has 214 valence electrons. The van der Waals surface area contributed by atoms with Gasteiger partial charge in [0.1, 0.15) is 11.4 Å². The van der Waals surface area contributed by atoms with Crippen LogP contribution in [0, 0.1) is 5.92 Å². The van der Waals surface area contributed by atoms with E-state index >= 15 is 0 Å². The summed E-state index contributed by atoms with van der Waals surface area (Å²) >= 11 is 0. The first kappa shape index (κ1) is 29.7. The van der Waals surface area contributed by atoms with E-state index < -0.39 is 29.6 Å². The second-order valence-electron chi connectivity index (χ2n) is 10.9. The van der Waals surface area contributed by atoms with Gasteiger partial charge in [-0.15, -0.1) is 0 Å². The first-order chi connectivity index (χ1) is 19.7. The summed E-state index contributed by atoms with van der Waals surface area (Å²) in [5.74, 6) is -1.44. The number of amides is 2. The smallest absolute Gasteiger partial charge is 0.271 e. The predicted molar refractivity (Wildman–Crippen MR) is 156 cm³/mol. The van der Waals surface area contributed by atoms with Gasteiger partial charge in [-0.25, -0.2) is 9.37 Å². The van der Waals surface area contributed by atoms with Gasteiger partial charge in [0.15, 0.2) is 0 Å². The summed E-state index contributed by atoms with van der Waals surface area (Å²) in [6.07, 6.45) is 4.37. The van der Waals surface area contributed by atoms with Gasteiger partial charge in [-0.05, 0) is 68.9 Å². The van der Waals surface area contributed by atoms with Crippen LogP contribution in [0.25, 0.3) is 11.0 Å². The molecule has 0 bridgehead atoms. The molecular weight excluding hydrogens is 521 g/mol. The minimum Gasteiger partial charge on any atom is -0.391 e. The number of rotatable bonds is 13. The molecule has 8 nitrogen and oxygen atoms in total. The van der Waals surface area contributed by atoms with Crippen LogP contribution in [0.2, 0.25) is 0 Å². The Morgan fingerprint density at radius 3 is 2.37 bits per heavy atom. The molecule has 41 heavy (non-hydrogen) atoms. The number of para-hydroxylation sites is 2. The molecule has 2 aromatic heterocycles. The van der Waals surface area contributed by atoms with E-state index in [1.54, 1.807) is 24.5 Å². The second-order valence-corrected chi connectivity index (χ2v) is 10.9. The number of pyridine rings is 1. The van der Waals surface area contributed by atoms with E-state index in [-0.39, 0.29) is 37.4 Å². The lowest BCUT2D eigenvalue weighted by atomic mass is 9.87. The molecule has 9 heteroatoms. The van der Waals surface area contributed by atoms with Gasteiger partial charge in [0.2, 0.25) is 5.91 Å². The first-order valence-electron chi connectivity index (χ1n) is 13.8. The van der Waals surface area contributed by atoms with Crippen LogP contribution in [0.15, 0.2) is 85.3 Å². The van der Waals surface area contributed by atoms with E-state index in [1.807, 2.05) is 54.6 Å². The Hall–Kier alpha value is -4.24. The number of carbonyl (C=O) groups is 2. The van der Waals surface area contributed by atoms with Gasteiger partial charge in [0.25, 0.3) is 5.91 Å². The fraction of sp³-hybridized carbons (Fsp3) is 0.344. The SMILES string of the molecule is CC(C)(F)CC[C@H](C[C@H](O)[C@H](Cc1ccccc1)NC(=O)c1cnc2ccccc2n1)C(=O)NCc1cccnc1. The molecule has 0 fully saturated rings. The third-order valence-corrected chi connectivity index (χ3v) is 6.93. The van der Waals surface area contributed by atoms with Crippen molar-refractivity contribution in [1.29, 1.82) is 0 Å². The van der Waals surface area contributed by atoms with E-state index in [1.165, 1.54) is 20.0 Å². The highest BCUT2D eigenvalue weighted by molar-refractivity contribution is 5.94. The summed E-state index contributed by atoms with van der Waals surface area (Å²) in [4.78, 5) is 39.3. The lowest BCUT2D eigenvalue weighted by Crippen LogP contribution is -2.47. The van der Waals surface area contributed by atoms with Crippen molar-refractivity contribution in [3.8, 4) is 0 Å². The van der Waals surface area contributed by atoms with Gasteiger partial charge in [-0.2, -0.15) is 0 Å². The highest BCUT2D eigenvalue weighted by Crippen LogP contribution is 2.24. The summed E-state index contributed by atoms with van der Waals surface area (Å²) in [6, 6.07) is 19.6. The third kappa shape index (κ3) is 9.14. The highest BCUT2D eigenvalue weighted by Gasteiger charge is 2.30. The molecular formula is C32H36FN5O3. The van der Waals surface area contributed by atoms with Crippen molar-refractivity contribution in [3.63, 3.8) is 0 Å². The largest absolute Gasteiger partial charge is 0.391 e. The Morgan fingerprint density at radius 2 is 1.66 bits per heavy atom. The van der Waals surface area contributed by atoms with Crippen molar-refractivity contribution in [2.24, 2.45) is 5.92 Å². The molecule has 0 unspecified atom stereocenters. The van der Waals surface area contributed by atoms with Crippen LogP contribution in [0.3, 0.4) is 0 Å². The zero-order valence-electron chi connectivity index (χ0n) is 23.3. The van der Waals surface area contributed by atoms with E-state index in [4.69, 9.17) is 0 Å². The molecule has 0 saturated heterocycles. The molecule has 3 N–H and O–H groups in total. The minimum atomic E-state index is -1.47. The third-order valence-electron chi connectivity index (χ3n) is 6.93. The number of nitrogens with zero attached hydrogens (tertiary/aromatic N) is 3. The van der Waals surface area contributed by atoms with Crippen LogP contribution in [0.5, 0.6) is 0 Å². The van der Waals surface area contributed by atoms with Crippen LogP contribution in [0.4, 0.5) is 4.39 Å². The maximum absolute atomic E-state index is 14.4. The minimum absolute atomic E-state index is 0.0378. The molecule has 2 amide bonds. The number of halogens is 1. The molecule has 2 aromatic carbocycles. The fourth-order valence-corrected chi connectivity index (χ4v) is 4.63. The number of hydrogen-bond acceptors (Lipinski definition) is 6. The predicted octanol–water partition coefficient (Wildman–Crippen LogP) is 4.58. The number of aromatic nitrogens is 3. The van der Waals surface area contributed by atoms with Gasteiger partial charge in [0, 0.05) is 24.9 Å². The number of aliphatic hydroxyl groups is 1. The number of hydrogen-bond donors (Lipinski definition) is 3. The molecule has 0 aliphatic rings. The molecule has 2 heterocycles. The second kappa shape index (κ2) is 13.9. The van der Waals surface area contributed by atoms with Crippen LogP contribution < -0.4 is 10.6 Å². The number of nitrogens with one attached hydrogen (secondary N) is 2. The zero-order chi connectivity index (χ0) is 29.2. The van der Waals surface area contributed by atoms with Gasteiger partial charge in [-0.1, -0.05) is 48.5 Å². The topological polar surface area (TPSA) is 117 Å². The molecule has 0 saturated carbocycles. The van der Waals surface area contributed by atoms with Crippen molar-refractivity contribution in [1.82, 2.24) is 25.6 Å². The average molecular weight is 558 g/mol. The Bertz CT molecular complexity index is 1430. The van der Waals surface area contributed by atoms with Crippen molar-refractivity contribution in [3.05, 3.63) is 102 Å². The van der Waals surface area contributed by atoms with Gasteiger partial charge in [0.05, 0.1) is 29.4 Å². The lowest BCUT2D eigenvalue weighted by molar-refractivity contribution is -0.126. The maximum atomic E-state index is 14.4. The molecule has 0 aliphatic heterocycles. The monoisotopic (exact) mass is 557 g/mol. The fourth-order valence-electron chi connectivity index (χ4n) is 4.63. The molecule has 0 spiro atoms. The Labute approximate surface area is 239 Å². The van der Waals surface area contributed by atoms with Gasteiger partial charge in [-0.3, -0.25) is 19.6 Å². The highest BCUT2D eigenvalue weighted by atomic mass is 19.1. The Balaban J connectivity index is 1.52. The van der Waals surface area contributed by atoms with Crippen LogP contribution in [0.1, 0.15) is 54.7 Å². The molecule has 0 radical (unpaired) electrons. The number of carbonyl (C=O) groups excluding carboxylic acids is 2. The molecule has 0 aliphatic carbocycles. The van der Waals surface area contributed by atoms with E-state index in [0.717, 1.165) is 11.1 Å². The average Bonchev–Trinajstić information content (AvgIpc) is 2.97. The number of benzene rings is 2. The van der Waals surface area contributed by atoms with E-state index in [2.05, 4.69) is 25.6 Å². The standard InChI is InChI=1S/C32H36FN5O3/c1-32(2,33)15-14-24(30(40)36-20-23-11-8-16-34-19-23)18-29(39)27(17-22-9-4-3-5-10-22)38-31(41)28-21-35-25-12-6-7-13-26(25)37-28/h3-13,16,19,21,24,27,29,39H,14-15,17-18,20H2,1-2H3,(H,36,40)(H,38,41)/t24-,27+,29+/m1/s1. The van der Waals surface area contributed by atoms with Crippen molar-refractivity contribution in [2.45, 2.75) is 63.9 Å². The Morgan fingerprint density at radius 1 is 0.951 bits per heavy atom. The summed E-state index contributed by atoms with van der Waals surface area (Å²) in [5.41, 5.74) is 1.64. The maximum Gasteiger partial charge on any atom is 0.271 e. The Kier molecular flexibility index (Phi) is 10.1. The normalized spacial score (nSPS) is 13.8. The number of alkyl halides is 1. The first-order valence-corrected chi connectivity index (χ1v) is 13.8. The van der Waals surface area contributed by atoms with Crippen molar-refractivity contribution < 1.29 is 19.1 Å². The van der Waals surface area contributed by atoms with E-state index in [9.17, 15) is 19.1 Å². The van der Waals surface area contributed by atoms with Crippen LogP contribution in [-0.2, 0) is 17.8 Å². The number of aliphatic hydroxyl groups excluding tert-OH is 1. The molecule has 4 rings (SSSR count). The van der Waals surface area contributed by atoms with Crippen LogP contribution in [-0.4, -0.2) is 49.7 Å². The molecule has 3 atom stereocenters. The van der Waals surface area contributed by atoms with E-state index in [0.29, 0.717) is 17.5 Å². The van der Waals surface area contributed by atoms with Crippen molar-refractivity contribution >= 4 is 22.8 Å². The lowest BCUT2D eigenvalue weighted by Gasteiger charge is -2.28. The summed E-state index contributed by atoms with van der Waals surface area (Å²) < 4.78 is 14.4. The van der Waals surface area contributed by atoms with Gasteiger partial charge < -0.3 is 15.7 Å². The number of fused-ring (bicyclic) bond motifs is 1. The summed E-state index contributed by atoms with van der Waals surface area (Å²) in [6.45, 7) is 3.21. The quantitative estimate of drug-likeness (QED) is 0.222. The summed E-state index contributed by atoms with van der Waals surface area (Å²) in [7, 11) is 0. The zero-order valence-corrected chi connectivity index (χ0v) is 23.3.